The number of hydrogen-bond donors (Lipinski definition) is 1. The number of furan rings is 1. The first kappa shape index (κ1) is 18.5. The number of nitrogens with one attached hydrogen (secondary N) is 1. The van der Waals surface area contributed by atoms with Crippen molar-refractivity contribution in [2.24, 2.45) is 0 Å². The van der Waals surface area contributed by atoms with Gasteiger partial charge in [-0.2, -0.15) is 0 Å². The SMILES string of the molecule is Cc1ccc(C)c2oc([C@H]3c4nc[nH]c4CCN3C(=O)c3ocnc3C(F)F)cc12. The van der Waals surface area contributed by atoms with Crippen molar-refractivity contribution in [1.29, 1.82) is 0 Å². The number of aromatic nitrogens is 3. The van der Waals surface area contributed by atoms with Gasteiger partial charge in [-0.1, -0.05) is 12.1 Å². The number of hydrogen-bond acceptors (Lipinski definition) is 5. The highest BCUT2D eigenvalue weighted by Crippen LogP contribution is 2.39. The van der Waals surface area contributed by atoms with Gasteiger partial charge in [0.05, 0.1) is 12.0 Å². The molecule has 0 saturated carbocycles. The molecule has 30 heavy (non-hydrogen) atoms. The van der Waals surface area contributed by atoms with Crippen molar-refractivity contribution in [2.45, 2.75) is 32.7 Å². The Balaban J connectivity index is 1.65. The van der Waals surface area contributed by atoms with Crippen LogP contribution in [-0.4, -0.2) is 32.3 Å². The Bertz CT molecular complexity index is 1220. The van der Waals surface area contributed by atoms with E-state index in [9.17, 15) is 13.6 Å². The molecule has 1 amide bonds. The molecule has 1 aliphatic rings. The quantitative estimate of drug-likeness (QED) is 0.536. The molecule has 4 heterocycles. The minimum Gasteiger partial charge on any atom is -0.458 e. The Morgan fingerprint density at radius 3 is 2.83 bits per heavy atom. The van der Waals surface area contributed by atoms with Gasteiger partial charge in [0.15, 0.2) is 12.1 Å². The Kier molecular flexibility index (Phi) is 4.19. The fourth-order valence-corrected chi connectivity index (χ4v) is 4.03. The summed E-state index contributed by atoms with van der Waals surface area (Å²) in [4.78, 5) is 25.7. The molecule has 0 fully saturated rings. The van der Waals surface area contributed by atoms with Crippen molar-refractivity contribution in [3.63, 3.8) is 0 Å². The Hall–Kier alpha value is -3.49. The van der Waals surface area contributed by atoms with Crippen molar-refractivity contribution >= 4 is 16.9 Å². The van der Waals surface area contributed by atoms with Crippen molar-refractivity contribution in [3.05, 3.63) is 70.6 Å². The highest BCUT2D eigenvalue weighted by Gasteiger charge is 2.39. The summed E-state index contributed by atoms with van der Waals surface area (Å²) in [5.41, 5.74) is 3.58. The normalized spacial score (nSPS) is 16.4. The zero-order valence-corrected chi connectivity index (χ0v) is 16.3. The van der Waals surface area contributed by atoms with Crippen molar-refractivity contribution in [3.8, 4) is 0 Å². The number of benzene rings is 1. The Morgan fingerprint density at radius 1 is 1.27 bits per heavy atom. The van der Waals surface area contributed by atoms with E-state index in [-0.39, 0.29) is 6.54 Å². The molecule has 154 valence electrons. The van der Waals surface area contributed by atoms with Gasteiger partial charge in [0.25, 0.3) is 12.3 Å². The number of imidazole rings is 1. The van der Waals surface area contributed by atoms with Crippen LogP contribution in [0.25, 0.3) is 11.0 Å². The van der Waals surface area contributed by atoms with E-state index in [0.29, 0.717) is 17.9 Å². The predicted molar refractivity (Wildman–Crippen MR) is 102 cm³/mol. The zero-order chi connectivity index (χ0) is 21.0. The molecule has 0 aliphatic carbocycles. The minimum absolute atomic E-state index is 0.289. The van der Waals surface area contributed by atoms with Crippen molar-refractivity contribution in [1.82, 2.24) is 19.9 Å². The molecule has 1 aliphatic heterocycles. The number of fused-ring (bicyclic) bond motifs is 2. The number of aryl methyl sites for hydroxylation is 2. The first-order chi connectivity index (χ1) is 14.5. The molecule has 0 radical (unpaired) electrons. The van der Waals surface area contributed by atoms with Gasteiger partial charge in [0.2, 0.25) is 5.76 Å². The lowest BCUT2D eigenvalue weighted by atomic mass is 9.99. The molecule has 9 heteroatoms. The molecule has 0 bridgehead atoms. The largest absolute Gasteiger partial charge is 0.458 e. The average molecular weight is 412 g/mol. The summed E-state index contributed by atoms with van der Waals surface area (Å²) in [5, 5.41) is 0.938. The van der Waals surface area contributed by atoms with E-state index in [2.05, 4.69) is 15.0 Å². The summed E-state index contributed by atoms with van der Waals surface area (Å²) in [6.07, 6.45) is 0.0164. The van der Waals surface area contributed by atoms with Gasteiger partial charge in [-0.25, -0.2) is 18.7 Å². The van der Waals surface area contributed by atoms with E-state index in [1.807, 2.05) is 32.0 Å². The number of amides is 1. The van der Waals surface area contributed by atoms with Crippen LogP contribution in [0.5, 0.6) is 0 Å². The molecular formula is C21H18F2N4O3. The second-order valence-electron chi connectivity index (χ2n) is 7.38. The third kappa shape index (κ3) is 2.72. The maximum Gasteiger partial charge on any atom is 0.292 e. The van der Waals surface area contributed by atoms with E-state index >= 15 is 0 Å². The van der Waals surface area contributed by atoms with Gasteiger partial charge in [-0.3, -0.25) is 4.79 Å². The zero-order valence-electron chi connectivity index (χ0n) is 16.3. The molecule has 0 spiro atoms. The smallest absolute Gasteiger partial charge is 0.292 e. The number of alkyl halides is 2. The topological polar surface area (TPSA) is 88.2 Å². The number of carbonyl (C=O) groups excluding carboxylic acids is 1. The van der Waals surface area contributed by atoms with Crippen LogP contribution in [0, 0.1) is 13.8 Å². The molecular weight excluding hydrogens is 394 g/mol. The van der Waals surface area contributed by atoms with E-state index in [1.165, 1.54) is 4.90 Å². The minimum atomic E-state index is -2.91. The van der Waals surface area contributed by atoms with Crippen LogP contribution in [0.15, 0.2) is 39.8 Å². The number of nitrogens with zero attached hydrogens (tertiary/aromatic N) is 3. The van der Waals surface area contributed by atoms with E-state index < -0.39 is 29.8 Å². The van der Waals surface area contributed by atoms with Gasteiger partial charge in [0.1, 0.15) is 17.4 Å². The van der Waals surface area contributed by atoms with Crippen LogP contribution < -0.4 is 0 Å². The van der Waals surface area contributed by atoms with Gasteiger partial charge in [0, 0.05) is 24.0 Å². The molecule has 3 aromatic heterocycles. The number of aromatic amines is 1. The van der Waals surface area contributed by atoms with E-state index in [4.69, 9.17) is 8.83 Å². The lowest BCUT2D eigenvalue weighted by Crippen LogP contribution is -2.40. The summed E-state index contributed by atoms with van der Waals surface area (Å²) in [6.45, 7) is 4.22. The standard InChI is InChI=1S/C21H18F2N4O3/c1-10-3-4-11(2)18-12(10)7-14(30-18)17-15-13(24-8-25-15)5-6-27(17)21(28)19-16(20(22)23)26-9-29-19/h3-4,7-9,17,20H,5-6H2,1-2H3,(H,24,25)/t17-/m0/s1. The second-order valence-corrected chi connectivity index (χ2v) is 7.38. The Labute approximate surface area is 169 Å². The molecule has 1 aromatic carbocycles. The number of carbonyl (C=O) groups is 1. The van der Waals surface area contributed by atoms with Crippen LogP contribution in [0.2, 0.25) is 0 Å². The van der Waals surface area contributed by atoms with Gasteiger partial charge >= 0.3 is 0 Å². The van der Waals surface area contributed by atoms with Gasteiger partial charge < -0.3 is 18.7 Å². The van der Waals surface area contributed by atoms with Gasteiger partial charge in [-0.15, -0.1) is 0 Å². The Morgan fingerprint density at radius 2 is 2.07 bits per heavy atom. The molecule has 0 unspecified atom stereocenters. The van der Waals surface area contributed by atoms with Crippen LogP contribution in [0.1, 0.15) is 57.0 Å². The molecule has 0 saturated heterocycles. The third-order valence-corrected chi connectivity index (χ3v) is 5.57. The number of H-pyrrole nitrogens is 1. The molecule has 1 N–H and O–H groups in total. The van der Waals surface area contributed by atoms with Crippen LogP contribution in [0.4, 0.5) is 8.78 Å². The highest BCUT2D eigenvalue weighted by molar-refractivity contribution is 5.93. The van der Waals surface area contributed by atoms with Gasteiger partial charge in [-0.05, 0) is 31.0 Å². The summed E-state index contributed by atoms with van der Waals surface area (Å²) >= 11 is 0. The van der Waals surface area contributed by atoms with Crippen LogP contribution in [0.3, 0.4) is 0 Å². The molecule has 4 aromatic rings. The number of oxazole rings is 1. The van der Waals surface area contributed by atoms with E-state index in [0.717, 1.165) is 34.2 Å². The fraction of sp³-hybridized carbons (Fsp3) is 0.286. The molecule has 5 rings (SSSR count). The maximum atomic E-state index is 13.3. The molecule has 7 nitrogen and oxygen atoms in total. The monoisotopic (exact) mass is 412 g/mol. The van der Waals surface area contributed by atoms with Crippen molar-refractivity contribution in [2.75, 3.05) is 6.54 Å². The summed E-state index contributed by atoms with van der Waals surface area (Å²) < 4.78 is 37.8. The van der Waals surface area contributed by atoms with Crippen molar-refractivity contribution < 1.29 is 22.4 Å². The van der Waals surface area contributed by atoms with Crippen LogP contribution in [-0.2, 0) is 6.42 Å². The average Bonchev–Trinajstić information content (AvgIpc) is 3.48. The number of halogens is 2. The number of rotatable bonds is 3. The maximum absolute atomic E-state index is 13.3. The lowest BCUT2D eigenvalue weighted by Gasteiger charge is -2.33. The van der Waals surface area contributed by atoms with E-state index in [1.54, 1.807) is 6.33 Å². The summed E-state index contributed by atoms with van der Waals surface area (Å²) in [6, 6.07) is 5.19. The molecule has 1 atom stereocenters. The third-order valence-electron chi connectivity index (χ3n) is 5.57. The second kappa shape index (κ2) is 6.79. The predicted octanol–water partition coefficient (Wildman–Crippen LogP) is 4.49. The summed E-state index contributed by atoms with van der Waals surface area (Å²) in [5.74, 6) is -0.616. The summed E-state index contributed by atoms with van der Waals surface area (Å²) in [7, 11) is 0. The van der Waals surface area contributed by atoms with Crippen LogP contribution >= 0.6 is 0 Å². The first-order valence-electron chi connectivity index (χ1n) is 9.50. The lowest BCUT2D eigenvalue weighted by molar-refractivity contribution is 0.0625. The first-order valence-corrected chi connectivity index (χ1v) is 9.50. The fourth-order valence-electron chi connectivity index (χ4n) is 4.03. The highest BCUT2D eigenvalue weighted by atomic mass is 19.3.